The molecule has 5 rings (SSSR count). The highest BCUT2D eigenvalue weighted by Gasteiger charge is 2.50. The van der Waals surface area contributed by atoms with E-state index in [1.807, 2.05) is 36.7 Å². The van der Waals surface area contributed by atoms with Gasteiger partial charge in [-0.2, -0.15) is 0 Å². The molecular formula is C25H32N4O3. The number of carbonyl (C=O) groups excluding carboxylic acids is 1. The third kappa shape index (κ3) is 3.94. The van der Waals surface area contributed by atoms with Crippen molar-refractivity contribution in [2.45, 2.75) is 57.1 Å². The van der Waals surface area contributed by atoms with E-state index in [2.05, 4.69) is 19.8 Å². The van der Waals surface area contributed by atoms with Gasteiger partial charge in [0.15, 0.2) is 0 Å². The fraction of sp³-hybridized carbons (Fsp3) is 0.560. The van der Waals surface area contributed by atoms with Crippen LogP contribution in [0.5, 0.6) is 5.75 Å². The molecular weight excluding hydrogens is 404 g/mol. The van der Waals surface area contributed by atoms with Gasteiger partial charge in [-0.15, -0.1) is 0 Å². The fourth-order valence-corrected chi connectivity index (χ4v) is 5.66. The monoisotopic (exact) mass is 436 g/mol. The molecule has 32 heavy (non-hydrogen) atoms. The normalized spacial score (nSPS) is 28.4. The standard InChI is InChI=1S/C25H32N4O3/c1-32-22-9-3-18(4-10-22)19-15-26-24(27-16-19)28-13-2-11-25(17-28)12-14-29(23(25)31)20-5-7-21(30)8-6-20/h3-4,9-10,15-16,20-21,30H,2,5-8,11-14,17H2,1H3. The van der Waals surface area contributed by atoms with Crippen molar-refractivity contribution in [1.29, 1.82) is 0 Å². The number of anilines is 1. The van der Waals surface area contributed by atoms with Crippen LogP contribution >= 0.6 is 0 Å². The lowest BCUT2D eigenvalue weighted by atomic mass is 9.78. The summed E-state index contributed by atoms with van der Waals surface area (Å²) in [7, 11) is 1.66. The van der Waals surface area contributed by atoms with E-state index in [9.17, 15) is 9.90 Å². The van der Waals surface area contributed by atoms with Gasteiger partial charge in [0.25, 0.3) is 0 Å². The number of aliphatic hydroxyl groups excluding tert-OH is 1. The van der Waals surface area contributed by atoms with Crippen molar-refractivity contribution in [2.24, 2.45) is 5.41 Å². The number of hydrogen-bond donors (Lipinski definition) is 1. The summed E-state index contributed by atoms with van der Waals surface area (Å²) in [6.07, 6.45) is 9.81. The quantitative estimate of drug-likeness (QED) is 0.793. The molecule has 1 atom stereocenters. The zero-order chi connectivity index (χ0) is 22.1. The molecule has 2 aromatic rings. The third-order valence-electron chi connectivity index (χ3n) is 7.57. The smallest absolute Gasteiger partial charge is 0.230 e. The van der Waals surface area contributed by atoms with Crippen molar-refractivity contribution < 1.29 is 14.6 Å². The Kier molecular flexibility index (Phi) is 5.76. The first kappa shape index (κ1) is 21.2. The highest BCUT2D eigenvalue weighted by Crippen LogP contribution is 2.43. The van der Waals surface area contributed by atoms with Gasteiger partial charge in [-0.25, -0.2) is 9.97 Å². The number of benzene rings is 1. The minimum atomic E-state index is -0.313. The van der Waals surface area contributed by atoms with Gasteiger partial charge in [-0.05, 0) is 62.6 Å². The number of amides is 1. The Balaban J connectivity index is 1.28. The first-order chi connectivity index (χ1) is 15.6. The molecule has 170 valence electrons. The van der Waals surface area contributed by atoms with Gasteiger partial charge in [0.1, 0.15) is 5.75 Å². The Morgan fingerprint density at radius 3 is 2.41 bits per heavy atom. The van der Waals surface area contributed by atoms with Crippen LogP contribution in [0.25, 0.3) is 11.1 Å². The molecule has 2 saturated heterocycles. The Morgan fingerprint density at radius 1 is 1.00 bits per heavy atom. The van der Waals surface area contributed by atoms with Gasteiger partial charge >= 0.3 is 0 Å². The molecule has 7 heteroatoms. The van der Waals surface area contributed by atoms with Crippen LogP contribution < -0.4 is 9.64 Å². The summed E-state index contributed by atoms with van der Waals surface area (Å²) >= 11 is 0. The number of piperidine rings is 1. The highest BCUT2D eigenvalue weighted by molar-refractivity contribution is 5.86. The van der Waals surface area contributed by atoms with Crippen molar-refractivity contribution in [1.82, 2.24) is 14.9 Å². The number of likely N-dealkylation sites (tertiary alicyclic amines) is 1. The summed E-state index contributed by atoms with van der Waals surface area (Å²) in [4.78, 5) is 27.1. The summed E-state index contributed by atoms with van der Waals surface area (Å²) in [6.45, 7) is 2.41. The number of hydrogen-bond acceptors (Lipinski definition) is 6. The maximum absolute atomic E-state index is 13.5. The van der Waals surface area contributed by atoms with Crippen molar-refractivity contribution in [3.05, 3.63) is 36.7 Å². The number of methoxy groups -OCH3 is 1. The van der Waals surface area contributed by atoms with Gasteiger partial charge in [-0.3, -0.25) is 4.79 Å². The maximum atomic E-state index is 13.5. The lowest BCUT2D eigenvalue weighted by molar-refractivity contribution is -0.139. The van der Waals surface area contributed by atoms with Gasteiger partial charge in [-0.1, -0.05) is 12.1 Å². The lowest BCUT2D eigenvalue weighted by Crippen LogP contribution is -2.50. The molecule has 1 spiro atoms. The number of aromatic nitrogens is 2. The van der Waals surface area contributed by atoms with Gasteiger partial charge in [0.05, 0.1) is 18.6 Å². The van der Waals surface area contributed by atoms with E-state index >= 15 is 0 Å². The number of nitrogens with zero attached hydrogens (tertiary/aromatic N) is 4. The first-order valence-corrected chi connectivity index (χ1v) is 11.8. The van der Waals surface area contributed by atoms with E-state index in [0.29, 0.717) is 24.4 Å². The summed E-state index contributed by atoms with van der Waals surface area (Å²) < 4.78 is 5.23. The van der Waals surface area contributed by atoms with Crippen molar-refractivity contribution in [3.63, 3.8) is 0 Å². The first-order valence-electron chi connectivity index (χ1n) is 11.8. The molecule has 1 saturated carbocycles. The predicted molar refractivity (Wildman–Crippen MR) is 122 cm³/mol. The zero-order valence-corrected chi connectivity index (χ0v) is 18.7. The second kappa shape index (κ2) is 8.70. The molecule has 0 radical (unpaired) electrons. The third-order valence-corrected chi connectivity index (χ3v) is 7.57. The number of carbonyl (C=O) groups is 1. The molecule has 3 aliphatic rings. The molecule has 0 bridgehead atoms. The van der Waals surface area contributed by atoms with Crippen LogP contribution in [0.2, 0.25) is 0 Å². The predicted octanol–water partition coefficient (Wildman–Crippen LogP) is 3.27. The molecule has 1 unspecified atom stereocenters. The van der Waals surface area contributed by atoms with Crippen LogP contribution in [-0.2, 0) is 4.79 Å². The SMILES string of the molecule is COc1ccc(-c2cnc(N3CCCC4(CCN(C5CCC(O)CC5)C4=O)C3)nc2)cc1. The molecule has 3 fully saturated rings. The summed E-state index contributed by atoms with van der Waals surface area (Å²) in [5, 5.41) is 9.82. The summed E-state index contributed by atoms with van der Waals surface area (Å²) in [5.41, 5.74) is 1.70. The van der Waals surface area contributed by atoms with E-state index in [1.54, 1.807) is 7.11 Å². The minimum absolute atomic E-state index is 0.193. The van der Waals surface area contributed by atoms with Crippen LogP contribution in [0.15, 0.2) is 36.7 Å². The highest BCUT2D eigenvalue weighted by atomic mass is 16.5. The molecule has 1 aromatic heterocycles. The van der Waals surface area contributed by atoms with Gasteiger partial charge in [0.2, 0.25) is 11.9 Å². The van der Waals surface area contributed by atoms with E-state index in [0.717, 1.165) is 74.9 Å². The van der Waals surface area contributed by atoms with E-state index in [4.69, 9.17) is 4.74 Å². The summed E-state index contributed by atoms with van der Waals surface area (Å²) in [6, 6.07) is 8.16. The van der Waals surface area contributed by atoms with Crippen molar-refractivity contribution in [3.8, 4) is 16.9 Å². The van der Waals surface area contributed by atoms with Crippen molar-refractivity contribution >= 4 is 11.9 Å². The minimum Gasteiger partial charge on any atom is -0.497 e. The van der Waals surface area contributed by atoms with Crippen LogP contribution in [0.3, 0.4) is 0 Å². The second-order valence-electron chi connectivity index (χ2n) is 9.52. The largest absolute Gasteiger partial charge is 0.497 e. The number of ether oxygens (including phenoxy) is 1. The zero-order valence-electron chi connectivity index (χ0n) is 18.7. The van der Waals surface area contributed by atoms with Gasteiger partial charge < -0.3 is 19.6 Å². The second-order valence-corrected chi connectivity index (χ2v) is 9.52. The molecule has 2 aliphatic heterocycles. The molecule has 7 nitrogen and oxygen atoms in total. The molecule has 1 aliphatic carbocycles. The topological polar surface area (TPSA) is 78.8 Å². The number of aliphatic hydroxyl groups is 1. The van der Waals surface area contributed by atoms with E-state index in [1.165, 1.54) is 0 Å². The van der Waals surface area contributed by atoms with Crippen LogP contribution in [-0.4, -0.2) is 64.8 Å². The molecule has 1 N–H and O–H groups in total. The Labute approximate surface area is 189 Å². The van der Waals surface area contributed by atoms with Crippen LogP contribution in [0.4, 0.5) is 5.95 Å². The maximum Gasteiger partial charge on any atom is 0.230 e. The van der Waals surface area contributed by atoms with E-state index < -0.39 is 0 Å². The Hall–Kier alpha value is -2.67. The van der Waals surface area contributed by atoms with Crippen LogP contribution in [0, 0.1) is 5.41 Å². The summed E-state index contributed by atoms with van der Waals surface area (Å²) in [5.74, 6) is 1.83. The molecule has 1 amide bonds. The average molecular weight is 437 g/mol. The molecule has 1 aromatic carbocycles. The molecule has 3 heterocycles. The Morgan fingerprint density at radius 2 is 1.72 bits per heavy atom. The Bertz CT molecular complexity index is 941. The van der Waals surface area contributed by atoms with Crippen molar-refractivity contribution in [2.75, 3.05) is 31.6 Å². The fourth-order valence-electron chi connectivity index (χ4n) is 5.66. The van der Waals surface area contributed by atoms with Crippen LogP contribution in [0.1, 0.15) is 44.9 Å². The van der Waals surface area contributed by atoms with Gasteiger partial charge in [0, 0.05) is 43.6 Å². The lowest BCUT2D eigenvalue weighted by Gasteiger charge is -2.40. The number of rotatable bonds is 4. The average Bonchev–Trinajstić information content (AvgIpc) is 3.15. The van der Waals surface area contributed by atoms with E-state index in [-0.39, 0.29) is 11.5 Å².